The standard InChI is InChI=1S/C17H22N4/c1-12-5-4-10-21(11-12)17-19-15-7-3-2-6-14(15)16(20-17)18-13-8-9-13/h2-3,6-7,12-13H,4-5,8-11H2,1H3,(H,18,19,20)/t12-/m0/s1. The van der Waals surface area contributed by atoms with Gasteiger partial charge in [0.25, 0.3) is 0 Å². The van der Waals surface area contributed by atoms with E-state index >= 15 is 0 Å². The van der Waals surface area contributed by atoms with Crippen molar-refractivity contribution in [3.8, 4) is 0 Å². The second-order valence-electron chi connectivity index (χ2n) is 6.50. The van der Waals surface area contributed by atoms with Gasteiger partial charge in [0, 0.05) is 24.5 Å². The summed E-state index contributed by atoms with van der Waals surface area (Å²) in [6.45, 7) is 4.46. The Morgan fingerprint density at radius 3 is 2.81 bits per heavy atom. The van der Waals surface area contributed by atoms with Gasteiger partial charge in [0.15, 0.2) is 0 Å². The van der Waals surface area contributed by atoms with Crippen LogP contribution in [0.3, 0.4) is 0 Å². The molecule has 0 radical (unpaired) electrons. The summed E-state index contributed by atoms with van der Waals surface area (Å²) in [5.74, 6) is 2.63. The van der Waals surface area contributed by atoms with Crippen LogP contribution in [-0.2, 0) is 0 Å². The molecule has 0 unspecified atom stereocenters. The van der Waals surface area contributed by atoms with Crippen molar-refractivity contribution in [2.24, 2.45) is 5.92 Å². The Bertz CT molecular complexity index is 650. The Morgan fingerprint density at radius 2 is 2.00 bits per heavy atom. The van der Waals surface area contributed by atoms with Crippen molar-refractivity contribution in [1.29, 1.82) is 0 Å². The molecule has 4 rings (SSSR count). The molecule has 1 saturated carbocycles. The molecule has 4 heteroatoms. The van der Waals surface area contributed by atoms with Crippen molar-refractivity contribution in [3.63, 3.8) is 0 Å². The van der Waals surface area contributed by atoms with E-state index in [4.69, 9.17) is 9.97 Å². The first kappa shape index (κ1) is 12.9. The Kier molecular flexibility index (Phi) is 3.17. The normalized spacial score (nSPS) is 22.5. The number of fused-ring (bicyclic) bond motifs is 1. The molecule has 0 bridgehead atoms. The molecule has 110 valence electrons. The number of para-hydroxylation sites is 1. The number of benzene rings is 1. The Balaban J connectivity index is 1.74. The Labute approximate surface area is 125 Å². The van der Waals surface area contributed by atoms with Crippen LogP contribution in [0.1, 0.15) is 32.6 Å². The molecule has 0 amide bonds. The van der Waals surface area contributed by atoms with Gasteiger partial charge in [-0.3, -0.25) is 0 Å². The number of nitrogens with zero attached hydrogens (tertiary/aromatic N) is 3. The fourth-order valence-corrected chi connectivity index (χ4v) is 3.11. The number of aromatic nitrogens is 2. The van der Waals surface area contributed by atoms with Gasteiger partial charge >= 0.3 is 0 Å². The minimum absolute atomic E-state index is 0.608. The third-order valence-corrected chi connectivity index (χ3v) is 4.45. The van der Waals surface area contributed by atoms with Crippen molar-refractivity contribution >= 4 is 22.7 Å². The van der Waals surface area contributed by atoms with Crippen LogP contribution in [0.15, 0.2) is 24.3 Å². The predicted octanol–water partition coefficient (Wildman–Crippen LogP) is 3.44. The van der Waals surface area contributed by atoms with Crippen LogP contribution in [-0.4, -0.2) is 29.1 Å². The molecule has 2 aromatic rings. The van der Waals surface area contributed by atoms with Gasteiger partial charge in [-0.05, 0) is 43.7 Å². The van der Waals surface area contributed by atoms with Gasteiger partial charge in [-0.25, -0.2) is 4.98 Å². The first-order valence-corrected chi connectivity index (χ1v) is 8.08. The van der Waals surface area contributed by atoms with E-state index in [1.165, 1.54) is 25.7 Å². The highest BCUT2D eigenvalue weighted by Crippen LogP contribution is 2.30. The van der Waals surface area contributed by atoms with E-state index in [1.807, 2.05) is 0 Å². The van der Waals surface area contributed by atoms with Gasteiger partial charge in [-0.1, -0.05) is 19.1 Å². The van der Waals surface area contributed by atoms with Crippen LogP contribution in [0.25, 0.3) is 10.9 Å². The Morgan fingerprint density at radius 1 is 1.14 bits per heavy atom. The molecule has 1 N–H and O–H groups in total. The topological polar surface area (TPSA) is 41.1 Å². The summed E-state index contributed by atoms with van der Waals surface area (Å²) in [7, 11) is 0. The van der Waals surface area contributed by atoms with Crippen LogP contribution >= 0.6 is 0 Å². The van der Waals surface area contributed by atoms with Crippen LogP contribution in [0.2, 0.25) is 0 Å². The number of anilines is 2. The molecule has 2 aliphatic rings. The largest absolute Gasteiger partial charge is 0.367 e. The maximum absolute atomic E-state index is 4.84. The van der Waals surface area contributed by atoms with Crippen molar-refractivity contribution < 1.29 is 0 Å². The lowest BCUT2D eigenvalue weighted by molar-refractivity contribution is 0.442. The number of hydrogen-bond acceptors (Lipinski definition) is 4. The zero-order valence-electron chi connectivity index (χ0n) is 12.5. The zero-order valence-corrected chi connectivity index (χ0v) is 12.5. The maximum atomic E-state index is 4.84. The van der Waals surface area contributed by atoms with Crippen molar-refractivity contribution in [1.82, 2.24) is 9.97 Å². The van der Waals surface area contributed by atoms with E-state index in [9.17, 15) is 0 Å². The van der Waals surface area contributed by atoms with Crippen LogP contribution in [0.4, 0.5) is 11.8 Å². The van der Waals surface area contributed by atoms with Gasteiger partial charge in [0.05, 0.1) is 5.52 Å². The smallest absolute Gasteiger partial charge is 0.227 e. The molecule has 2 heterocycles. The molecule has 21 heavy (non-hydrogen) atoms. The van der Waals surface area contributed by atoms with E-state index in [2.05, 4.69) is 41.4 Å². The monoisotopic (exact) mass is 282 g/mol. The summed E-state index contributed by atoms with van der Waals surface area (Å²) >= 11 is 0. The molecule has 1 aliphatic heterocycles. The average Bonchev–Trinajstić information content (AvgIpc) is 3.31. The van der Waals surface area contributed by atoms with Gasteiger partial charge in [-0.2, -0.15) is 4.98 Å². The quantitative estimate of drug-likeness (QED) is 0.936. The van der Waals surface area contributed by atoms with Gasteiger partial charge < -0.3 is 10.2 Å². The second kappa shape index (κ2) is 5.17. The number of hydrogen-bond donors (Lipinski definition) is 1. The molecule has 1 aromatic carbocycles. The molecule has 1 aliphatic carbocycles. The van der Waals surface area contributed by atoms with Crippen molar-refractivity contribution in [3.05, 3.63) is 24.3 Å². The highest BCUT2D eigenvalue weighted by atomic mass is 15.3. The number of nitrogens with one attached hydrogen (secondary N) is 1. The third-order valence-electron chi connectivity index (χ3n) is 4.45. The molecular weight excluding hydrogens is 260 g/mol. The van der Waals surface area contributed by atoms with Gasteiger partial charge in [-0.15, -0.1) is 0 Å². The second-order valence-corrected chi connectivity index (χ2v) is 6.50. The van der Waals surface area contributed by atoms with E-state index in [0.717, 1.165) is 41.7 Å². The lowest BCUT2D eigenvalue weighted by atomic mass is 10.0. The first-order chi connectivity index (χ1) is 10.3. The van der Waals surface area contributed by atoms with Crippen LogP contribution < -0.4 is 10.2 Å². The molecular formula is C17H22N4. The molecule has 1 saturated heterocycles. The molecule has 1 aromatic heterocycles. The lowest BCUT2D eigenvalue weighted by Gasteiger charge is -2.31. The third kappa shape index (κ3) is 2.67. The SMILES string of the molecule is C[C@H]1CCCN(c2nc(NC3CC3)c3ccccc3n2)C1. The predicted molar refractivity (Wildman–Crippen MR) is 86.8 cm³/mol. The van der Waals surface area contributed by atoms with E-state index in [-0.39, 0.29) is 0 Å². The highest BCUT2D eigenvalue weighted by molar-refractivity contribution is 5.90. The van der Waals surface area contributed by atoms with Crippen molar-refractivity contribution in [2.45, 2.75) is 38.6 Å². The molecule has 0 spiro atoms. The Hall–Kier alpha value is -1.84. The highest BCUT2D eigenvalue weighted by Gasteiger charge is 2.24. The fraction of sp³-hybridized carbons (Fsp3) is 0.529. The summed E-state index contributed by atoms with van der Waals surface area (Å²) in [6.07, 6.45) is 5.07. The number of rotatable bonds is 3. The maximum Gasteiger partial charge on any atom is 0.227 e. The van der Waals surface area contributed by atoms with Gasteiger partial charge in [0.2, 0.25) is 5.95 Å². The minimum atomic E-state index is 0.608. The molecule has 1 atom stereocenters. The minimum Gasteiger partial charge on any atom is -0.367 e. The van der Waals surface area contributed by atoms with E-state index < -0.39 is 0 Å². The zero-order chi connectivity index (χ0) is 14.2. The lowest BCUT2D eigenvalue weighted by Crippen LogP contribution is -2.35. The fourth-order valence-electron chi connectivity index (χ4n) is 3.11. The van der Waals surface area contributed by atoms with Crippen molar-refractivity contribution in [2.75, 3.05) is 23.3 Å². The average molecular weight is 282 g/mol. The van der Waals surface area contributed by atoms with E-state index in [0.29, 0.717) is 6.04 Å². The molecule has 2 fully saturated rings. The summed E-state index contributed by atoms with van der Waals surface area (Å²) in [4.78, 5) is 12.0. The summed E-state index contributed by atoms with van der Waals surface area (Å²) in [5, 5.41) is 4.71. The molecule has 4 nitrogen and oxygen atoms in total. The van der Waals surface area contributed by atoms with Crippen LogP contribution in [0, 0.1) is 5.92 Å². The van der Waals surface area contributed by atoms with E-state index in [1.54, 1.807) is 0 Å². The first-order valence-electron chi connectivity index (χ1n) is 8.08. The summed E-state index contributed by atoms with van der Waals surface area (Å²) < 4.78 is 0. The summed E-state index contributed by atoms with van der Waals surface area (Å²) in [5.41, 5.74) is 1.05. The summed E-state index contributed by atoms with van der Waals surface area (Å²) in [6, 6.07) is 8.93. The van der Waals surface area contributed by atoms with Gasteiger partial charge in [0.1, 0.15) is 5.82 Å². The van der Waals surface area contributed by atoms with Crippen LogP contribution in [0.5, 0.6) is 0 Å². The number of piperidine rings is 1.